The molecule has 1 aliphatic carbocycles. The molecule has 0 radical (unpaired) electrons. The smallest absolute Gasteiger partial charge is 0.336 e. The number of nitrogens with one attached hydrogen (secondary N) is 3. The maximum Gasteiger partial charge on any atom is 0.336 e. The summed E-state index contributed by atoms with van der Waals surface area (Å²) in [6.07, 6.45) is 0. The molecule has 2 aromatic rings. The van der Waals surface area contributed by atoms with E-state index in [2.05, 4.69) is 16.2 Å². The van der Waals surface area contributed by atoms with Crippen molar-refractivity contribution in [2.45, 2.75) is 6.92 Å². The Bertz CT molecular complexity index is 1460. The van der Waals surface area contributed by atoms with Gasteiger partial charge in [0.2, 0.25) is 5.91 Å². The Morgan fingerprint density at radius 1 is 0.970 bits per heavy atom. The summed E-state index contributed by atoms with van der Waals surface area (Å²) in [6, 6.07) is 13.4. The molecule has 9 nitrogen and oxygen atoms in total. The predicted molar refractivity (Wildman–Crippen MR) is 126 cm³/mol. The van der Waals surface area contributed by atoms with Crippen molar-refractivity contribution in [3.63, 3.8) is 0 Å². The van der Waals surface area contributed by atoms with Crippen LogP contribution in [-0.2, 0) is 4.79 Å². The number of carbonyl (C=O) groups is 2. The van der Waals surface area contributed by atoms with Gasteiger partial charge in [0.1, 0.15) is 17.1 Å². The van der Waals surface area contributed by atoms with Crippen LogP contribution in [0.4, 0.5) is 5.69 Å². The van der Waals surface area contributed by atoms with E-state index in [1.54, 1.807) is 24.3 Å². The average molecular weight is 463 g/mol. The fourth-order valence-electron chi connectivity index (χ4n) is 3.47. The molecular weight excluding hydrogens is 446 g/mol. The lowest BCUT2D eigenvalue weighted by molar-refractivity contribution is -0.119. The van der Waals surface area contributed by atoms with Gasteiger partial charge in [0.05, 0.1) is 5.56 Å². The molecule has 0 unspecified atom stereocenters. The van der Waals surface area contributed by atoms with Crippen LogP contribution in [0.2, 0.25) is 0 Å². The first-order chi connectivity index (χ1) is 15.7. The molecule has 0 fully saturated rings. The number of phenolic OH excluding ortho intramolecular Hbond substituents is 1. The summed E-state index contributed by atoms with van der Waals surface area (Å²) < 4.78 is 5.81. The first-order valence-electron chi connectivity index (χ1n) is 9.64. The SMILES string of the molecule is CC(=O)NNC(=S)Nc1ccc(-c2c3ccc(=O)cc-3oc3cc(O)ccc23)c(C(=O)O)c1. The van der Waals surface area contributed by atoms with Crippen LogP contribution >= 0.6 is 12.2 Å². The number of carbonyl (C=O) groups excluding carboxylic acids is 1. The Balaban J connectivity index is 1.90. The first-order valence-corrected chi connectivity index (χ1v) is 10.0. The van der Waals surface area contributed by atoms with E-state index in [-0.39, 0.29) is 33.5 Å². The highest BCUT2D eigenvalue weighted by Crippen LogP contribution is 2.42. The van der Waals surface area contributed by atoms with Crippen molar-refractivity contribution in [1.82, 2.24) is 10.9 Å². The number of rotatable bonds is 3. The van der Waals surface area contributed by atoms with Crippen LogP contribution in [0.5, 0.6) is 5.75 Å². The van der Waals surface area contributed by atoms with Crippen LogP contribution in [0.1, 0.15) is 17.3 Å². The van der Waals surface area contributed by atoms with Gasteiger partial charge in [0, 0.05) is 41.3 Å². The molecule has 0 bridgehead atoms. The van der Waals surface area contributed by atoms with Gasteiger partial charge in [-0.15, -0.1) is 0 Å². The van der Waals surface area contributed by atoms with Gasteiger partial charge in [-0.2, -0.15) is 0 Å². The van der Waals surface area contributed by atoms with Crippen molar-refractivity contribution in [2.75, 3.05) is 5.32 Å². The van der Waals surface area contributed by atoms with Crippen LogP contribution in [0.3, 0.4) is 0 Å². The molecule has 0 aromatic heterocycles. The lowest BCUT2D eigenvalue weighted by Gasteiger charge is -2.18. The van der Waals surface area contributed by atoms with Crippen LogP contribution < -0.4 is 21.6 Å². The van der Waals surface area contributed by atoms with Gasteiger partial charge in [-0.05, 0) is 54.2 Å². The maximum atomic E-state index is 12.2. The third-order valence-corrected chi connectivity index (χ3v) is 5.01. The number of aromatic hydroxyl groups is 1. The quantitative estimate of drug-likeness (QED) is 0.176. The molecule has 1 heterocycles. The van der Waals surface area contributed by atoms with E-state index in [9.17, 15) is 24.6 Å². The number of hydrogen-bond donors (Lipinski definition) is 5. The summed E-state index contributed by atoms with van der Waals surface area (Å²) in [5.41, 5.74) is 6.65. The van der Waals surface area contributed by atoms with Crippen LogP contribution in [0, 0.1) is 0 Å². The average Bonchev–Trinajstić information content (AvgIpc) is 2.76. The van der Waals surface area contributed by atoms with E-state index in [1.807, 2.05) is 0 Å². The summed E-state index contributed by atoms with van der Waals surface area (Å²) in [7, 11) is 0. The van der Waals surface area contributed by atoms with Crippen molar-refractivity contribution in [2.24, 2.45) is 0 Å². The Morgan fingerprint density at radius 2 is 1.73 bits per heavy atom. The molecule has 1 aliphatic heterocycles. The van der Waals surface area contributed by atoms with Crippen LogP contribution in [0.25, 0.3) is 33.4 Å². The summed E-state index contributed by atoms with van der Waals surface area (Å²) in [5.74, 6) is -1.31. The number of benzene rings is 3. The highest BCUT2D eigenvalue weighted by Gasteiger charge is 2.22. The number of thiocarbonyl (C=S) groups is 1. The fourth-order valence-corrected chi connectivity index (χ4v) is 3.64. The van der Waals surface area contributed by atoms with Crippen molar-refractivity contribution in [3.8, 4) is 28.2 Å². The highest BCUT2D eigenvalue weighted by atomic mass is 32.1. The number of hydrazine groups is 1. The van der Waals surface area contributed by atoms with Gasteiger partial charge < -0.3 is 19.9 Å². The van der Waals surface area contributed by atoms with Gasteiger partial charge in [0.25, 0.3) is 0 Å². The Labute approximate surface area is 192 Å². The zero-order chi connectivity index (χ0) is 23.7. The van der Waals surface area contributed by atoms with E-state index in [0.29, 0.717) is 33.3 Å². The minimum absolute atomic E-state index is 0.0320. The molecule has 10 heteroatoms. The first kappa shape index (κ1) is 21.8. The van der Waals surface area contributed by atoms with Crippen LogP contribution in [0.15, 0.2) is 63.8 Å². The summed E-state index contributed by atoms with van der Waals surface area (Å²) in [4.78, 5) is 35.1. The minimum Gasteiger partial charge on any atom is -0.508 e. The van der Waals surface area contributed by atoms with Gasteiger partial charge >= 0.3 is 5.97 Å². The Hall–Kier alpha value is -4.44. The summed E-state index contributed by atoms with van der Waals surface area (Å²) in [6.45, 7) is 1.31. The number of carboxylic acids is 1. The lowest BCUT2D eigenvalue weighted by atomic mass is 9.90. The molecular formula is C23H17N3O6S. The molecule has 0 saturated carbocycles. The highest BCUT2D eigenvalue weighted by molar-refractivity contribution is 7.80. The topological polar surface area (TPSA) is 141 Å². The van der Waals surface area contributed by atoms with Crippen molar-refractivity contribution >= 4 is 45.9 Å². The maximum absolute atomic E-state index is 12.2. The second-order valence-corrected chi connectivity index (χ2v) is 7.55. The number of amides is 1. The second-order valence-electron chi connectivity index (χ2n) is 7.14. The van der Waals surface area contributed by atoms with Crippen LogP contribution in [-0.4, -0.2) is 27.2 Å². The monoisotopic (exact) mass is 463 g/mol. The molecule has 5 N–H and O–H groups in total. The van der Waals surface area contributed by atoms with E-state index >= 15 is 0 Å². The molecule has 2 aliphatic rings. The fraction of sp³-hybridized carbons (Fsp3) is 0.0435. The number of fused-ring (bicyclic) bond motifs is 2. The van der Waals surface area contributed by atoms with E-state index < -0.39 is 5.97 Å². The van der Waals surface area contributed by atoms with Gasteiger partial charge in [-0.3, -0.25) is 20.4 Å². The second kappa shape index (κ2) is 8.60. The minimum atomic E-state index is -1.18. The molecule has 1 amide bonds. The normalized spacial score (nSPS) is 10.7. The molecule has 2 aromatic carbocycles. The molecule has 0 atom stereocenters. The molecule has 0 saturated heterocycles. The predicted octanol–water partition coefficient (Wildman–Crippen LogP) is 3.31. The standard InChI is InChI=1S/C23H17N3O6S/c1-11(27)25-26-23(33)24-12-2-5-15(18(8-12)22(30)31)21-16-6-3-13(28)9-19(16)32-20-10-14(29)4-7-17(20)21/h2-10,28H,1H3,(H,25,27)(H,30,31)(H2,24,26,33). The van der Waals surface area contributed by atoms with E-state index in [1.165, 1.54) is 37.3 Å². The summed E-state index contributed by atoms with van der Waals surface area (Å²) >= 11 is 5.09. The number of phenols is 1. The van der Waals surface area contributed by atoms with Gasteiger partial charge in [-0.1, -0.05) is 6.07 Å². The Kier molecular flexibility index (Phi) is 5.67. The Morgan fingerprint density at radius 3 is 2.45 bits per heavy atom. The van der Waals surface area contributed by atoms with E-state index in [0.717, 1.165) is 0 Å². The van der Waals surface area contributed by atoms with Crippen molar-refractivity contribution < 1.29 is 24.2 Å². The number of hydrogen-bond acceptors (Lipinski definition) is 6. The van der Waals surface area contributed by atoms with E-state index in [4.69, 9.17) is 16.6 Å². The zero-order valence-electron chi connectivity index (χ0n) is 17.1. The molecule has 0 spiro atoms. The molecule has 166 valence electrons. The lowest BCUT2D eigenvalue weighted by Crippen LogP contribution is -2.42. The number of carboxylic acid groups (broad SMARTS) is 1. The molecule has 4 rings (SSSR count). The van der Waals surface area contributed by atoms with Gasteiger partial charge in [0.15, 0.2) is 10.5 Å². The third kappa shape index (κ3) is 4.46. The third-order valence-electron chi connectivity index (χ3n) is 4.81. The largest absolute Gasteiger partial charge is 0.508 e. The zero-order valence-corrected chi connectivity index (χ0v) is 17.9. The number of anilines is 1. The van der Waals surface area contributed by atoms with Gasteiger partial charge in [-0.25, -0.2) is 4.79 Å². The molecule has 33 heavy (non-hydrogen) atoms. The number of aromatic carboxylic acids is 1. The van der Waals surface area contributed by atoms with Crippen molar-refractivity contribution in [1.29, 1.82) is 0 Å². The summed E-state index contributed by atoms with van der Waals surface area (Å²) in [5, 5.41) is 23.3. The van der Waals surface area contributed by atoms with Crippen molar-refractivity contribution in [3.05, 3.63) is 70.4 Å².